The van der Waals surface area contributed by atoms with Crippen LogP contribution in [0.3, 0.4) is 0 Å². The molecule has 10 heteroatoms. The molecule has 0 spiro atoms. The van der Waals surface area contributed by atoms with Gasteiger partial charge in [0, 0.05) is 45.3 Å². The molecule has 170 valence electrons. The third-order valence-corrected chi connectivity index (χ3v) is 5.59. The molecule has 1 fully saturated rings. The smallest absolute Gasteiger partial charge is 0.408 e. The first-order chi connectivity index (χ1) is 15.3. The average molecular weight is 448 g/mol. The number of hydrogen-bond donors (Lipinski definition) is 0. The average Bonchev–Trinajstić information content (AvgIpc) is 2.93. The molecule has 1 aliphatic rings. The normalized spacial score (nSPS) is 15.2. The van der Waals surface area contributed by atoms with Crippen LogP contribution >= 0.6 is 0 Å². The highest BCUT2D eigenvalue weighted by Crippen LogP contribution is 2.29. The zero-order valence-corrected chi connectivity index (χ0v) is 17.3. The number of aromatic nitrogens is 2. The number of para-hydroxylation sites is 2. The van der Waals surface area contributed by atoms with Crippen molar-refractivity contribution >= 4 is 22.8 Å². The summed E-state index contributed by atoms with van der Waals surface area (Å²) in [5.41, 5.74) is 0.449. The van der Waals surface area contributed by atoms with Crippen LogP contribution in [0.1, 0.15) is 24.8 Å². The molecular weight excluding hydrogens is 425 g/mol. The number of pyridine rings is 1. The van der Waals surface area contributed by atoms with E-state index in [2.05, 4.69) is 4.98 Å². The van der Waals surface area contributed by atoms with Crippen molar-refractivity contribution in [3.8, 4) is 0 Å². The number of alkyl halides is 3. The van der Waals surface area contributed by atoms with Crippen molar-refractivity contribution < 1.29 is 22.4 Å². The predicted octanol–water partition coefficient (Wildman–Crippen LogP) is 3.53. The summed E-state index contributed by atoms with van der Waals surface area (Å²) in [5, 5.41) is 0. The molecule has 0 atom stereocenters. The second kappa shape index (κ2) is 9.05. The Kier molecular flexibility index (Phi) is 6.20. The summed E-state index contributed by atoms with van der Waals surface area (Å²) in [6.45, 7) is 2.53. The highest BCUT2D eigenvalue weighted by atomic mass is 19.4. The lowest BCUT2D eigenvalue weighted by atomic mass is 10.2. The van der Waals surface area contributed by atoms with Gasteiger partial charge in [-0.1, -0.05) is 12.1 Å². The molecule has 1 aliphatic heterocycles. The van der Waals surface area contributed by atoms with E-state index in [1.165, 1.54) is 10.6 Å². The zero-order valence-electron chi connectivity index (χ0n) is 17.3. The van der Waals surface area contributed by atoms with Gasteiger partial charge in [-0.3, -0.25) is 9.36 Å². The minimum Gasteiger partial charge on any atom is -0.408 e. The maximum Gasteiger partial charge on any atom is 0.419 e. The molecular formula is C22H23F3N4O3. The summed E-state index contributed by atoms with van der Waals surface area (Å²) in [6, 6.07) is 9.55. The summed E-state index contributed by atoms with van der Waals surface area (Å²) in [5.74, 6) is 0.0275. The van der Waals surface area contributed by atoms with Gasteiger partial charge >= 0.3 is 11.9 Å². The maximum atomic E-state index is 12.7. The molecule has 4 rings (SSSR count). The summed E-state index contributed by atoms with van der Waals surface area (Å²) >= 11 is 0. The lowest BCUT2D eigenvalue weighted by Crippen LogP contribution is -2.35. The largest absolute Gasteiger partial charge is 0.419 e. The van der Waals surface area contributed by atoms with E-state index < -0.39 is 17.5 Å². The predicted molar refractivity (Wildman–Crippen MR) is 112 cm³/mol. The quantitative estimate of drug-likeness (QED) is 0.597. The first-order valence-electron chi connectivity index (χ1n) is 10.5. The minimum atomic E-state index is -4.42. The van der Waals surface area contributed by atoms with Gasteiger partial charge in [-0.05, 0) is 37.1 Å². The highest BCUT2D eigenvalue weighted by Gasteiger charge is 2.31. The molecule has 0 saturated carbocycles. The molecule has 7 nitrogen and oxygen atoms in total. The van der Waals surface area contributed by atoms with Crippen molar-refractivity contribution in [1.82, 2.24) is 14.5 Å². The molecule has 32 heavy (non-hydrogen) atoms. The van der Waals surface area contributed by atoms with Gasteiger partial charge in [-0.15, -0.1) is 0 Å². The number of carbonyl (C=O) groups is 1. The van der Waals surface area contributed by atoms with E-state index in [-0.39, 0.29) is 5.91 Å². The zero-order chi connectivity index (χ0) is 22.7. The molecule has 3 heterocycles. The summed E-state index contributed by atoms with van der Waals surface area (Å²) in [7, 11) is 0. The topological polar surface area (TPSA) is 71.6 Å². The number of halogens is 3. The SMILES string of the molecule is O=C(CCCn1c(=O)oc2ccccc21)N1CCCN(c2ccc(C(F)(F)F)cn2)CC1. The molecule has 0 radical (unpaired) electrons. The van der Waals surface area contributed by atoms with Crippen LogP contribution in [0.4, 0.5) is 19.0 Å². The summed E-state index contributed by atoms with van der Waals surface area (Å²) < 4.78 is 44.9. The van der Waals surface area contributed by atoms with E-state index in [0.717, 1.165) is 12.3 Å². The third-order valence-electron chi connectivity index (χ3n) is 5.59. The van der Waals surface area contributed by atoms with Crippen LogP contribution in [0.15, 0.2) is 51.8 Å². The van der Waals surface area contributed by atoms with E-state index in [4.69, 9.17) is 4.42 Å². The first-order valence-corrected chi connectivity index (χ1v) is 10.5. The molecule has 2 aromatic heterocycles. The van der Waals surface area contributed by atoms with E-state index in [1.807, 2.05) is 11.0 Å². The molecule has 0 aliphatic carbocycles. The van der Waals surface area contributed by atoms with Gasteiger partial charge < -0.3 is 14.2 Å². The van der Waals surface area contributed by atoms with Crippen LogP contribution < -0.4 is 10.7 Å². The Balaban J connectivity index is 1.31. The first kappa shape index (κ1) is 21.9. The third kappa shape index (κ3) is 4.79. The van der Waals surface area contributed by atoms with Crippen molar-refractivity contribution in [1.29, 1.82) is 0 Å². The number of benzene rings is 1. The molecule has 0 N–H and O–H groups in total. The van der Waals surface area contributed by atoms with Gasteiger partial charge in [-0.2, -0.15) is 13.2 Å². The Hall–Kier alpha value is -3.30. The van der Waals surface area contributed by atoms with Crippen LogP contribution in [0.2, 0.25) is 0 Å². The number of rotatable bonds is 5. The number of amides is 1. The van der Waals surface area contributed by atoms with Crippen molar-refractivity contribution in [2.75, 3.05) is 31.1 Å². The second-order valence-electron chi connectivity index (χ2n) is 7.72. The molecule has 1 amide bonds. The lowest BCUT2D eigenvalue weighted by Gasteiger charge is -2.23. The lowest BCUT2D eigenvalue weighted by molar-refractivity contribution is -0.137. The van der Waals surface area contributed by atoms with Crippen molar-refractivity contribution in [3.05, 3.63) is 58.7 Å². The fourth-order valence-electron chi connectivity index (χ4n) is 3.91. The Bertz CT molecular complexity index is 1140. The van der Waals surface area contributed by atoms with Crippen molar-refractivity contribution in [3.63, 3.8) is 0 Å². The Morgan fingerprint density at radius 1 is 1.06 bits per heavy atom. The molecule has 3 aromatic rings. The van der Waals surface area contributed by atoms with Crippen LogP contribution in [-0.2, 0) is 17.5 Å². The van der Waals surface area contributed by atoms with Crippen LogP contribution in [0.25, 0.3) is 11.1 Å². The van der Waals surface area contributed by atoms with Gasteiger partial charge in [0.05, 0.1) is 11.1 Å². The molecule has 0 bridgehead atoms. The number of nitrogens with zero attached hydrogens (tertiary/aromatic N) is 4. The highest BCUT2D eigenvalue weighted by molar-refractivity contribution is 5.76. The fraction of sp³-hybridized carbons (Fsp3) is 0.409. The summed E-state index contributed by atoms with van der Waals surface area (Å²) in [6.07, 6.45) is -2.08. The monoisotopic (exact) mass is 448 g/mol. The van der Waals surface area contributed by atoms with E-state index in [1.54, 1.807) is 23.1 Å². The molecule has 1 aromatic carbocycles. The maximum absolute atomic E-state index is 12.7. The Morgan fingerprint density at radius 3 is 2.62 bits per heavy atom. The fourth-order valence-corrected chi connectivity index (χ4v) is 3.91. The van der Waals surface area contributed by atoms with E-state index in [0.29, 0.717) is 68.9 Å². The molecule has 0 unspecified atom stereocenters. The number of carbonyl (C=O) groups excluding carboxylic acids is 1. The molecule has 1 saturated heterocycles. The van der Waals surface area contributed by atoms with Gasteiger partial charge in [0.15, 0.2) is 5.58 Å². The van der Waals surface area contributed by atoms with E-state index in [9.17, 15) is 22.8 Å². The van der Waals surface area contributed by atoms with Crippen molar-refractivity contribution in [2.45, 2.75) is 32.0 Å². The van der Waals surface area contributed by atoms with E-state index >= 15 is 0 Å². The van der Waals surface area contributed by atoms with Gasteiger partial charge in [0.2, 0.25) is 5.91 Å². The second-order valence-corrected chi connectivity index (χ2v) is 7.72. The standard InChI is InChI=1S/C22H23F3N4O3/c23-22(24,25)16-8-9-19(26-15-16)27-10-4-11-28(14-13-27)20(30)7-3-12-29-17-5-1-2-6-18(17)32-21(29)31/h1-2,5-6,8-9,15H,3-4,7,10-14H2. The number of hydrogen-bond acceptors (Lipinski definition) is 5. The number of oxazole rings is 1. The van der Waals surface area contributed by atoms with Crippen molar-refractivity contribution in [2.24, 2.45) is 0 Å². The Morgan fingerprint density at radius 2 is 1.88 bits per heavy atom. The van der Waals surface area contributed by atoms with Crippen LogP contribution in [-0.4, -0.2) is 46.5 Å². The number of aryl methyl sites for hydroxylation is 1. The van der Waals surface area contributed by atoms with Crippen LogP contribution in [0, 0.1) is 0 Å². The summed E-state index contributed by atoms with van der Waals surface area (Å²) in [4.78, 5) is 32.3. The van der Waals surface area contributed by atoms with Gasteiger partial charge in [0.1, 0.15) is 5.82 Å². The van der Waals surface area contributed by atoms with Gasteiger partial charge in [0.25, 0.3) is 0 Å². The van der Waals surface area contributed by atoms with Gasteiger partial charge in [-0.25, -0.2) is 9.78 Å². The van der Waals surface area contributed by atoms with Crippen LogP contribution in [0.5, 0.6) is 0 Å². The number of fused-ring (bicyclic) bond motifs is 1. The minimum absolute atomic E-state index is 0.00641. The Labute approximate surface area is 182 Å². The number of anilines is 1.